The van der Waals surface area contributed by atoms with E-state index in [2.05, 4.69) is 6.92 Å². The number of hydrogen-bond acceptors (Lipinski definition) is 4. The molecule has 0 aliphatic heterocycles. The van der Waals surface area contributed by atoms with Gasteiger partial charge in [-0.2, -0.15) is 0 Å². The van der Waals surface area contributed by atoms with E-state index in [4.69, 9.17) is 9.15 Å². The van der Waals surface area contributed by atoms with E-state index in [1.54, 1.807) is 37.4 Å². The second-order valence-electron chi connectivity index (χ2n) is 6.57. The predicted molar refractivity (Wildman–Crippen MR) is 106 cm³/mol. The summed E-state index contributed by atoms with van der Waals surface area (Å²) < 4.78 is 10.9. The van der Waals surface area contributed by atoms with Gasteiger partial charge in [-0.3, -0.25) is 4.79 Å². The highest BCUT2D eigenvalue weighted by molar-refractivity contribution is 6.20. The van der Waals surface area contributed by atoms with Crippen LogP contribution in [0.15, 0.2) is 59.2 Å². The van der Waals surface area contributed by atoms with E-state index >= 15 is 0 Å². The van der Waals surface area contributed by atoms with Gasteiger partial charge in [0, 0.05) is 21.7 Å². The molecule has 3 aromatic carbocycles. The molecule has 0 radical (unpaired) electrons. The lowest BCUT2D eigenvalue weighted by molar-refractivity contribution is 0.103. The van der Waals surface area contributed by atoms with Gasteiger partial charge in [0.2, 0.25) is 0 Å². The van der Waals surface area contributed by atoms with Crippen LogP contribution in [0.4, 0.5) is 0 Å². The van der Waals surface area contributed by atoms with Crippen LogP contribution in [-0.2, 0) is 6.42 Å². The third-order valence-electron chi connectivity index (χ3n) is 4.88. The van der Waals surface area contributed by atoms with Crippen LogP contribution in [0.3, 0.4) is 0 Å². The molecule has 4 aromatic rings. The van der Waals surface area contributed by atoms with Crippen molar-refractivity contribution in [1.29, 1.82) is 0 Å². The maximum Gasteiger partial charge on any atom is 0.196 e. The van der Waals surface area contributed by atoms with E-state index < -0.39 is 0 Å². The number of aryl methyl sites for hydroxylation is 1. The zero-order chi connectivity index (χ0) is 19.0. The average molecular weight is 360 g/mol. The molecule has 1 N–H and O–H groups in total. The standard InChI is InChI=1S/C23H20O4/c1-3-5-14-6-4-7-17-21(14)20(24)12-18-19(13-27-23(17)18)22(25)15-8-10-16(26-2)11-9-15/h4,6-13,24H,3,5H2,1-2H3. The molecule has 0 aliphatic carbocycles. The highest BCUT2D eigenvalue weighted by Gasteiger charge is 2.20. The molecule has 1 heterocycles. The number of ether oxygens (including phenoxy) is 1. The zero-order valence-electron chi connectivity index (χ0n) is 15.3. The van der Waals surface area contributed by atoms with Crippen molar-refractivity contribution in [3.63, 3.8) is 0 Å². The molecule has 0 bridgehead atoms. The summed E-state index contributed by atoms with van der Waals surface area (Å²) in [4.78, 5) is 13.0. The number of furan rings is 1. The summed E-state index contributed by atoms with van der Waals surface area (Å²) in [6.45, 7) is 2.10. The quantitative estimate of drug-likeness (QED) is 0.479. The Labute approximate surface area is 157 Å². The van der Waals surface area contributed by atoms with Crippen molar-refractivity contribution in [2.75, 3.05) is 7.11 Å². The minimum atomic E-state index is -0.153. The number of ketones is 1. The number of fused-ring (bicyclic) bond motifs is 3. The maximum absolute atomic E-state index is 13.0. The van der Waals surface area contributed by atoms with Crippen molar-refractivity contribution in [3.8, 4) is 11.5 Å². The number of carbonyl (C=O) groups excluding carboxylic acids is 1. The van der Waals surface area contributed by atoms with Crippen LogP contribution in [0, 0.1) is 0 Å². The van der Waals surface area contributed by atoms with Gasteiger partial charge in [-0.1, -0.05) is 31.5 Å². The molecule has 0 saturated heterocycles. The number of hydrogen-bond donors (Lipinski definition) is 1. The molecular weight excluding hydrogens is 340 g/mol. The summed E-state index contributed by atoms with van der Waals surface area (Å²) in [5.41, 5.74) is 2.68. The number of aromatic hydroxyl groups is 1. The van der Waals surface area contributed by atoms with Crippen molar-refractivity contribution in [2.45, 2.75) is 19.8 Å². The molecule has 0 aliphatic rings. The molecule has 1 aromatic heterocycles. The molecule has 0 fully saturated rings. The SMILES string of the molecule is CCCc1cccc2c1c(O)cc1c(C(=O)c3ccc(OC)cc3)coc12. The zero-order valence-corrected chi connectivity index (χ0v) is 15.3. The van der Waals surface area contributed by atoms with Gasteiger partial charge in [0.1, 0.15) is 23.3 Å². The Kier molecular flexibility index (Phi) is 4.32. The first-order valence-corrected chi connectivity index (χ1v) is 8.97. The van der Waals surface area contributed by atoms with Gasteiger partial charge in [-0.05, 0) is 42.3 Å². The van der Waals surface area contributed by atoms with E-state index in [0.717, 1.165) is 29.2 Å². The van der Waals surface area contributed by atoms with Crippen molar-refractivity contribution in [1.82, 2.24) is 0 Å². The van der Waals surface area contributed by atoms with Gasteiger partial charge in [0.05, 0.1) is 12.7 Å². The molecule has 0 amide bonds. The number of carbonyl (C=O) groups is 1. The summed E-state index contributed by atoms with van der Waals surface area (Å²) in [5.74, 6) is 0.710. The highest BCUT2D eigenvalue weighted by atomic mass is 16.5. The summed E-state index contributed by atoms with van der Waals surface area (Å²) in [6.07, 6.45) is 3.33. The lowest BCUT2D eigenvalue weighted by Crippen LogP contribution is -2.00. The first kappa shape index (κ1) is 17.2. The number of phenolic OH excluding ortho intramolecular Hbond substituents is 1. The maximum atomic E-state index is 13.0. The van der Waals surface area contributed by atoms with Crippen molar-refractivity contribution in [2.24, 2.45) is 0 Å². The van der Waals surface area contributed by atoms with Gasteiger partial charge < -0.3 is 14.3 Å². The van der Waals surface area contributed by atoms with Gasteiger partial charge >= 0.3 is 0 Å². The monoisotopic (exact) mass is 360 g/mol. The van der Waals surface area contributed by atoms with Crippen LogP contribution < -0.4 is 4.74 Å². The molecule has 4 rings (SSSR count). The number of benzene rings is 3. The van der Waals surface area contributed by atoms with Gasteiger partial charge in [-0.25, -0.2) is 0 Å². The van der Waals surface area contributed by atoms with Crippen LogP contribution in [-0.4, -0.2) is 18.0 Å². The van der Waals surface area contributed by atoms with Crippen LogP contribution >= 0.6 is 0 Å². The Balaban J connectivity index is 1.88. The van der Waals surface area contributed by atoms with Crippen molar-refractivity contribution in [3.05, 3.63) is 71.5 Å². The second kappa shape index (κ2) is 6.80. The Morgan fingerprint density at radius 3 is 2.59 bits per heavy atom. The molecule has 0 atom stereocenters. The fourth-order valence-corrected chi connectivity index (χ4v) is 3.57. The lowest BCUT2D eigenvalue weighted by Gasteiger charge is -2.08. The Hall–Kier alpha value is -3.27. The van der Waals surface area contributed by atoms with E-state index in [0.29, 0.717) is 27.8 Å². The number of methoxy groups -OCH3 is 1. The summed E-state index contributed by atoms with van der Waals surface area (Å²) in [7, 11) is 1.58. The summed E-state index contributed by atoms with van der Waals surface area (Å²) in [5, 5.41) is 12.9. The van der Waals surface area contributed by atoms with Gasteiger partial charge in [0.25, 0.3) is 0 Å². The van der Waals surface area contributed by atoms with Crippen LogP contribution in [0.25, 0.3) is 21.7 Å². The molecule has 4 nitrogen and oxygen atoms in total. The highest BCUT2D eigenvalue weighted by Crippen LogP contribution is 2.38. The van der Waals surface area contributed by atoms with Crippen molar-refractivity contribution < 1.29 is 19.1 Å². The summed E-state index contributed by atoms with van der Waals surface area (Å²) in [6, 6.07) is 14.5. The minimum absolute atomic E-state index is 0.153. The van der Waals surface area contributed by atoms with Crippen LogP contribution in [0.2, 0.25) is 0 Å². The molecular formula is C23H20O4. The normalized spacial score (nSPS) is 11.2. The third kappa shape index (κ3) is 2.83. The third-order valence-corrected chi connectivity index (χ3v) is 4.88. The predicted octanol–water partition coefficient (Wildman–Crippen LogP) is 5.48. The molecule has 0 unspecified atom stereocenters. The average Bonchev–Trinajstić information content (AvgIpc) is 3.12. The molecule has 136 valence electrons. The minimum Gasteiger partial charge on any atom is -0.507 e. The second-order valence-corrected chi connectivity index (χ2v) is 6.57. The first-order chi connectivity index (χ1) is 13.1. The molecule has 0 saturated carbocycles. The van der Waals surface area contributed by atoms with Gasteiger partial charge in [0.15, 0.2) is 5.78 Å². The smallest absolute Gasteiger partial charge is 0.196 e. The number of phenols is 1. The Morgan fingerprint density at radius 2 is 1.89 bits per heavy atom. The van der Waals surface area contributed by atoms with E-state index in [1.807, 2.05) is 18.2 Å². The molecule has 27 heavy (non-hydrogen) atoms. The van der Waals surface area contributed by atoms with E-state index in [-0.39, 0.29) is 11.5 Å². The molecule has 4 heteroatoms. The Bertz CT molecular complexity index is 1140. The van der Waals surface area contributed by atoms with E-state index in [1.165, 1.54) is 6.26 Å². The fraction of sp³-hybridized carbons (Fsp3) is 0.174. The van der Waals surface area contributed by atoms with Crippen LogP contribution in [0.1, 0.15) is 34.8 Å². The summed E-state index contributed by atoms with van der Waals surface area (Å²) >= 11 is 0. The number of rotatable bonds is 5. The molecule has 0 spiro atoms. The van der Waals surface area contributed by atoms with E-state index in [9.17, 15) is 9.90 Å². The topological polar surface area (TPSA) is 59.7 Å². The Morgan fingerprint density at radius 1 is 1.11 bits per heavy atom. The fourth-order valence-electron chi connectivity index (χ4n) is 3.57. The van der Waals surface area contributed by atoms with Crippen molar-refractivity contribution >= 4 is 27.5 Å². The largest absolute Gasteiger partial charge is 0.507 e. The van der Waals surface area contributed by atoms with Gasteiger partial charge in [-0.15, -0.1) is 0 Å². The lowest BCUT2D eigenvalue weighted by atomic mass is 9.96. The van der Waals surface area contributed by atoms with Crippen LogP contribution in [0.5, 0.6) is 11.5 Å². The first-order valence-electron chi connectivity index (χ1n) is 8.97.